The van der Waals surface area contributed by atoms with Crippen LogP contribution in [0, 0.1) is 0 Å². The highest BCUT2D eigenvalue weighted by Gasteiger charge is 2.38. The molecule has 1 aliphatic heterocycles. The fourth-order valence-corrected chi connectivity index (χ4v) is 4.02. The summed E-state index contributed by atoms with van der Waals surface area (Å²) in [5.41, 5.74) is 1.66. The van der Waals surface area contributed by atoms with E-state index in [1.165, 1.54) is 42.4 Å². The van der Waals surface area contributed by atoms with Gasteiger partial charge in [-0.2, -0.15) is 0 Å². The summed E-state index contributed by atoms with van der Waals surface area (Å²) in [6, 6.07) is 9.24. The molecule has 2 unspecified atom stereocenters. The van der Waals surface area contributed by atoms with Gasteiger partial charge in [-0.05, 0) is 69.9 Å². The summed E-state index contributed by atoms with van der Waals surface area (Å²) in [7, 11) is 0. The van der Waals surface area contributed by atoms with Crippen molar-refractivity contribution in [2.75, 3.05) is 19.6 Å². The van der Waals surface area contributed by atoms with Gasteiger partial charge < -0.3 is 5.32 Å². The fourth-order valence-electron chi connectivity index (χ4n) is 3.58. The lowest BCUT2D eigenvalue weighted by Crippen LogP contribution is -2.59. The van der Waals surface area contributed by atoms with Gasteiger partial charge in [-0.3, -0.25) is 4.90 Å². The first kappa shape index (κ1) is 17.0. The Morgan fingerprint density at radius 3 is 2.57 bits per heavy atom. The molecule has 0 spiro atoms. The highest BCUT2D eigenvalue weighted by molar-refractivity contribution is 9.10. The SMILES string of the molecule is CCNC(Cc1cccc(Br)c1)C(C)(CC)N1CCCC1. The minimum atomic E-state index is 0.245. The number of nitrogens with zero attached hydrogens (tertiary/aromatic N) is 1. The van der Waals surface area contributed by atoms with Gasteiger partial charge in [-0.15, -0.1) is 0 Å². The second-order valence-corrected chi connectivity index (χ2v) is 7.26. The monoisotopic (exact) mass is 352 g/mol. The van der Waals surface area contributed by atoms with E-state index in [1.54, 1.807) is 0 Å². The molecule has 21 heavy (non-hydrogen) atoms. The standard InChI is InChI=1S/C18H29BrN2/c1-4-18(3,21-11-6-7-12-21)17(20-5-2)14-15-9-8-10-16(19)13-15/h8-10,13,17,20H,4-7,11-12,14H2,1-3H3. The van der Waals surface area contributed by atoms with Gasteiger partial charge in [0.05, 0.1) is 0 Å². The van der Waals surface area contributed by atoms with Gasteiger partial charge in [0.25, 0.3) is 0 Å². The van der Waals surface area contributed by atoms with Crippen LogP contribution in [0.5, 0.6) is 0 Å². The van der Waals surface area contributed by atoms with Crippen molar-refractivity contribution >= 4 is 15.9 Å². The van der Waals surface area contributed by atoms with Crippen LogP contribution < -0.4 is 5.32 Å². The predicted molar refractivity (Wildman–Crippen MR) is 94.8 cm³/mol. The van der Waals surface area contributed by atoms with E-state index in [0.29, 0.717) is 6.04 Å². The van der Waals surface area contributed by atoms with E-state index in [0.717, 1.165) is 13.0 Å². The Hall–Kier alpha value is -0.380. The number of rotatable bonds is 7. The van der Waals surface area contributed by atoms with Crippen LogP contribution in [0.3, 0.4) is 0 Å². The molecule has 3 heteroatoms. The molecule has 2 atom stereocenters. The average molecular weight is 353 g/mol. The third-order valence-electron chi connectivity index (χ3n) is 5.07. The molecule has 0 bridgehead atoms. The third-order valence-corrected chi connectivity index (χ3v) is 5.57. The van der Waals surface area contributed by atoms with E-state index in [-0.39, 0.29) is 5.54 Å². The molecule has 1 aromatic rings. The maximum absolute atomic E-state index is 3.76. The molecule has 0 aliphatic carbocycles. The highest BCUT2D eigenvalue weighted by atomic mass is 79.9. The van der Waals surface area contributed by atoms with E-state index in [9.17, 15) is 0 Å². The summed E-state index contributed by atoms with van der Waals surface area (Å²) in [6.07, 6.45) is 4.99. The van der Waals surface area contributed by atoms with Crippen LogP contribution in [0.15, 0.2) is 28.7 Å². The van der Waals surface area contributed by atoms with Crippen molar-refractivity contribution in [2.24, 2.45) is 0 Å². The summed E-state index contributed by atoms with van der Waals surface area (Å²) in [5.74, 6) is 0. The number of benzene rings is 1. The second kappa shape index (κ2) is 7.75. The van der Waals surface area contributed by atoms with Crippen LogP contribution in [0.2, 0.25) is 0 Å². The van der Waals surface area contributed by atoms with Crippen LogP contribution in [-0.4, -0.2) is 36.1 Å². The van der Waals surface area contributed by atoms with E-state index < -0.39 is 0 Å². The Bertz CT molecular complexity index is 443. The Kier molecular flexibility index (Phi) is 6.27. The maximum atomic E-state index is 3.76. The molecule has 0 radical (unpaired) electrons. The highest BCUT2D eigenvalue weighted by Crippen LogP contribution is 2.30. The number of hydrogen-bond donors (Lipinski definition) is 1. The van der Waals surface area contributed by atoms with E-state index >= 15 is 0 Å². The Balaban J connectivity index is 2.19. The van der Waals surface area contributed by atoms with E-state index in [1.807, 2.05) is 0 Å². The van der Waals surface area contributed by atoms with Gasteiger partial charge in [0.15, 0.2) is 0 Å². The number of hydrogen-bond acceptors (Lipinski definition) is 2. The molecule has 118 valence electrons. The molecule has 0 amide bonds. The van der Waals surface area contributed by atoms with Crippen molar-refractivity contribution in [1.82, 2.24) is 10.2 Å². The average Bonchev–Trinajstić information content (AvgIpc) is 3.01. The van der Waals surface area contributed by atoms with Gasteiger partial charge in [0.1, 0.15) is 0 Å². The van der Waals surface area contributed by atoms with Crippen LogP contribution in [0.4, 0.5) is 0 Å². The van der Waals surface area contributed by atoms with Gasteiger partial charge in [0, 0.05) is 16.1 Å². The van der Waals surface area contributed by atoms with E-state index in [2.05, 4.69) is 71.2 Å². The van der Waals surface area contributed by atoms with Crippen molar-refractivity contribution in [3.8, 4) is 0 Å². The van der Waals surface area contributed by atoms with Gasteiger partial charge >= 0.3 is 0 Å². The largest absolute Gasteiger partial charge is 0.312 e. The zero-order chi connectivity index (χ0) is 15.3. The van der Waals surface area contributed by atoms with Crippen LogP contribution >= 0.6 is 15.9 Å². The number of likely N-dealkylation sites (tertiary alicyclic amines) is 1. The number of likely N-dealkylation sites (N-methyl/N-ethyl adjacent to an activating group) is 1. The van der Waals surface area contributed by atoms with Crippen molar-refractivity contribution in [1.29, 1.82) is 0 Å². The quantitative estimate of drug-likeness (QED) is 0.789. The molecular formula is C18H29BrN2. The van der Waals surface area contributed by atoms with Crippen LogP contribution in [-0.2, 0) is 6.42 Å². The molecule has 0 saturated carbocycles. The molecule has 1 heterocycles. The normalized spacial score (nSPS) is 20.4. The van der Waals surface area contributed by atoms with Crippen molar-refractivity contribution in [2.45, 2.75) is 58.0 Å². The zero-order valence-corrected chi connectivity index (χ0v) is 15.2. The lowest BCUT2D eigenvalue weighted by molar-refractivity contribution is 0.0847. The topological polar surface area (TPSA) is 15.3 Å². The number of halogens is 1. The van der Waals surface area contributed by atoms with Gasteiger partial charge in [-0.25, -0.2) is 0 Å². The number of nitrogens with one attached hydrogen (secondary N) is 1. The first-order valence-electron chi connectivity index (χ1n) is 8.33. The minimum Gasteiger partial charge on any atom is -0.312 e. The molecule has 1 aromatic carbocycles. The smallest absolute Gasteiger partial charge is 0.0334 e. The fraction of sp³-hybridized carbons (Fsp3) is 0.667. The first-order chi connectivity index (χ1) is 10.1. The first-order valence-corrected chi connectivity index (χ1v) is 9.12. The molecule has 1 saturated heterocycles. The molecule has 2 nitrogen and oxygen atoms in total. The van der Waals surface area contributed by atoms with E-state index in [4.69, 9.17) is 0 Å². The molecule has 1 N–H and O–H groups in total. The summed E-state index contributed by atoms with van der Waals surface area (Å²) in [6.45, 7) is 10.5. The molecule has 1 fully saturated rings. The summed E-state index contributed by atoms with van der Waals surface area (Å²) < 4.78 is 1.18. The summed E-state index contributed by atoms with van der Waals surface area (Å²) in [5, 5.41) is 3.76. The van der Waals surface area contributed by atoms with Crippen molar-refractivity contribution < 1.29 is 0 Å². The Labute approximate surface area is 138 Å². The summed E-state index contributed by atoms with van der Waals surface area (Å²) >= 11 is 3.59. The molecular weight excluding hydrogens is 324 g/mol. The maximum Gasteiger partial charge on any atom is 0.0334 e. The third kappa shape index (κ3) is 4.08. The molecule has 1 aliphatic rings. The molecule has 2 rings (SSSR count). The Morgan fingerprint density at radius 2 is 2.00 bits per heavy atom. The lowest BCUT2D eigenvalue weighted by Gasteiger charge is -2.45. The van der Waals surface area contributed by atoms with Crippen LogP contribution in [0.1, 0.15) is 45.6 Å². The summed E-state index contributed by atoms with van der Waals surface area (Å²) in [4.78, 5) is 2.71. The Morgan fingerprint density at radius 1 is 1.29 bits per heavy atom. The van der Waals surface area contributed by atoms with Crippen molar-refractivity contribution in [3.05, 3.63) is 34.3 Å². The lowest BCUT2D eigenvalue weighted by atomic mass is 9.83. The van der Waals surface area contributed by atoms with Crippen molar-refractivity contribution in [3.63, 3.8) is 0 Å². The molecule has 0 aromatic heterocycles. The van der Waals surface area contributed by atoms with Crippen LogP contribution in [0.25, 0.3) is 0 Å². The van der Waals surface area contributed by atoms with Gasteiger partial charge in [0.2, 0.25) is 0 Å². The minimum absolute atomic E-state index is 0.245. The van der Waals surface area contributed by atoms with Gasteiger partial charge in [-0.1, -0.05) is 41.9 Å². The zero-order valence-electron chi connectivity index (χ0n) is 13.7. The second-order valence-electron chi connectivity index (χ2n) is 6.35. The predicted octanol–water partition coefficient (Wildman–Crippen LogP) is 4.23.